The molecule has 0 aliphatic carbocycles. The topological polar surface area (TPSA) is 98.5 Å². The summed E-state index contributed by atoms with van der Waals surface area (Å²) in [4.78, 5) is 25.4. The van der Waals surface area contributed by atoms with E-state index < -0.39 is 0 Å². The van der Waals surface area contributed by atoms with Crippen molar-refractivity contribution in [1.29, 1.82) is 0 Å². The molecule has 2 aromatic carbocycles. The van der Waals surface area contributed by atoms with Gasteiger partial charge in [0.15, 0.2) is 5.82 Å². The van der Waals surface area contributed by atoms with Crippen LogP contribution in [0.1, 0.15) is 48.4 Å². The standard InChI is InChI=1S/C24H26N6O2/c1-4-8-21-16(3)30(22(31)5-2)24(32)29(21)15-17-11-13-18(14-12-17)19-9-6-7-10-20(19)23-25-27-28-26-23/h6-7,9-14H,4-5,8,15H2,1-3H3,(H,25,26,27,28). The van der Waals surface area contributed by atoms with Crippen LogP contribution in [0.25, 0.3) is 22.5 Å². The van der Waals surface area contributed by atoms with Crippen molar-refractivity contribution in [3.05, 3.63) is 76.0 Å². The molecule has 8 nitrogen and oxygen atoms in total. The van der Waals surface area contributed by atoms with Gasteiger partial charge in [-0.3, -0.25) is 9.36 Å². The van der Waals surface area contributed by atoms with Gasteiger partial charge in [0.1, 0.15) is 0 Å². The summed E-state index contributed by atoms with van der Waals surface area (Å²) in [6, 6.07) is 16.0. The fourth-order valence-corrected chi connectivity index (χ4v) is 4.06. The Hall–Kier alpha value is -3.81. The molecule has 0 radical (unpaired) electrons. The normalized spacial score (nSPS) is 11.1. The van der Waals surface area contributed by atoms with Crippen LogP contribution in [-0.4, -0.2) is 35.7 Å². The van der Waals surface area contributed by atoms with E-state index in [0.717, 1.165) is 46.5 Å². The second-order valence-corrected chi connectivity index (χ2v) is 7.73. The zero-order valence-electron chi connectivity index (χ0n) is 18.5. The Morgan fingerprint density at radius 1 is 1.03 bits per heavy atom. The molecular weight excluding hydrogens is 404 g/mol. The quantitative estimate of drug-likeness (QED) is 0.480. The van der Waals surface area contributed by atoms with Crippen molar-refractivity contribution >= 4 is 5.91 Å². The summed E-state index contributed by atoms with van der Waals surface area (Å²) < 4.78 is 3.05. The van der Waals surface area contributed by atoms with Gasteiger partial charge in [-0.1, -0.05) is 68.8 Å². The Kier molecular flexibility index (Phi) is 6.11. The smallest absolute Gasteiger partial charge is 0.291 e. The maximum absolute atomic E-state index is 13.0. The summed E-state index contributed by atoms with van der Waals surface area (Å²) in [6.07, 6.45) is 1.95. The molecule has 0 amide bonds. The molecule has 164 valence electrons. The van der Waals surface area contributed by atoms with E-state index in [0.29, 0.717) is 18.8 Å². The SMILES string of the molecule is CCCc1c(C)n(C(=O)CC)c(=O)n1Cc1ccc(-c2ccccc2-c2nnn[nH]2)cc1. The second kappa shape index (κ2) is 9.13. The maximum atomic E-state index is 13.0. The van der Waals surface area contributed by atoms with Crippen molar-refractivity contribution in [1.82, 2.24) is 29.8 Å². The Morgan fingerprint density at radius 3 is 2.38 bits per heavy atom. The zero-order valence-corrected chi connectivity index (χ0v) is 18.5. The summed E-state index contributed by atoms with van der Waals surface area (Å²) in [5, 5.41) is 14.2. The fourth-order valence-electron chi connectivity index (χ4n) is 4.06. The highest BCUT2D eigenvalue weighted by atomic mass is 16.2. The van der Waals surface area contributed by atoms with Gasteiger partial charge in [0.05, 0.1) is 6.54 Å². The predicted octanol–water partition coefficient (Wildman–Crippen LogP) is 3.86. The first-order chi connectivity index (χ1) is 15.5. The third-order valence-electron chi connectivity index (χ3n) is 5.67. The summed E-state index contributed by atoms with van der Waals surface area (Å²) in [5.41, 5.74) is 5.35. The van der Waals surface area contributed by atoms with Gasteiger partial charge < -0.3 is 0 Å². The van der Waals surface area contributed by atoms with Crippen LogP contribution in [0.2, 0.25) is 0 Å². The van der Waals surface area contributed by atoms with Gasteiger partial charge in [0, 0.05) is 23.4 Å². The molecule has 0 saturated heterocycles. The Balaban J connectivity index is 1.68. The lowest BCUT2D eigenvalue weighted by Gasteiger charge is -2.10. The highest BCUT2D eigenvalue weighted by molar-refractivity contribution is 5.80. The Labute approximate surface area is 185 Å². The molecule has 0 aliphatic heterocycles. The van der Waals surface area contributed by atoms with Crippen LogP contribution in [-0.2, 0) is 13.0 Å². The third kappa shape index (κ3) is 3.91. The lowest BCUT2D eigenvalue weighted by molar-refractivity contribution is 0.0902. The number of aromatic nitrogens is 6. The number of rotatable bonds is 7. The van der Waals surface area contributed by atoms with Gasteiger partial charge in [0.2, 0.25) is 5.91 Å². The van der Waals surface area contributed by atoms with Crippen molar-refractivity contribution in [3.63, 3.8) is 0 Å². The van der Waals surface area contributed by atoms with Crippen molar-refractivity contribution in [3.8, 4) is 22.5 Å². The summed E-state index contributed by atoms with van der Waals surface area (Å²) in [5.74, 6) is 0.440. The molecule has 2 aromatic heterocycles. The van der Waals surface area contributed by atoms with Gasteiger partial charge in [-0.2, -0.15) is 0 Å². The number of nitrogens with zero attached hydrogens (tertiary/aromatic N) is 5. The molecule has 8 heteroatoms. The summed E-state index contributed by atoms with van der Waals surface area (Å²) in [6.45, 7) is 6.13. The van der Waals surface area contributed by atoms with Crippen LogP contribution in [0.5, 0.6) is 0 Å². The van der Waals surface area contributed by atoms with E-state index in [1.165, 1.54) is 4.57 Å². The van der Waals surface area contributed by atoms with Gasteiger partial charge in [-0.15, -0.1) is 5.10 Å². The molecule has 0 bridgehead atoms. The van der Waals surface area contributed by atoms with E-state index in [1.807, 2.05) is 55.5 Å². The van der Waals surface area contributed by atoms with E-state index in [1.54, 1.807) is 11.5 Å². The number of benzene rings is 2. The number of hydrogen-bond donors (Lipinski definition) is 1. The highest BCUT2D eigenvalue weighted by Gasteiger charge is 2.20. The third-order valence-corrected chi connectivity index (χ3v) is 5.67. The molecule has 0 spiro atoms. The molecule has 0 atom stereocenters. The minimum atomic E-state index is -0.259. The van der Waals surface area contributed by atoms with Gasteiger partial charge in [-0.05, 0) is 40.5 Å². The molecule has 0 saturated carbocycles. The number of tetrazole rings is 1. The number of carbonyl (C=O) groups is 1. The van der Waals surface area contributed by atoms with Crippen LogP contribution < -0.4 is 5.69 Å². The Morgan fingerprint density at radius 2 is 1.75 bits per heavy atom. The van der Waals surface area contributed by atoms with Crippen molar-refractivity contribution in [2.75, 3.05) is 0 Å². The molecule has 4 aromatic rings. The van der Waals surface area contributed by atoms with E-state index >= 15 is 0 Å². The lowest BCUT2D eigenvalue weighted by Crippen LogP contribution is -2.29. The van der Waals surface area contributed by atoms with Crippen LogP contribution >= 0.6 is 0 Å². The van der Waals surface area contributed by atoms with E-state index in [9.17, 15) is 9.59 Å². The summed E-state index contributed by atoms with van der Waals surface area (Å²) >= 11 is 0. The van der Waals surface area contributed by atoms with E-state index in [-0.39, 0.29) is 11.6 Å². The number of H-pyrrole nitrogens is 1. The lowest BCUT2D eigenvalue weighted by atomic mass is 9.98. The van der Waals surface area contributed by atoms with Crippen LogP contribution in [0.15, 0.2) is 53.3 Å². The van der Waals surface area contributed by atoms with Crippen LogP contribution in [0.3, 0.4) is 0 Å². The Bertz CT molecular complexity index is 1280. The first-order valence-electron chi connectivity index (χ1n) is 10.8. The predicted molar refractivity (Wildman–Crippen MR) is 122 cm³/mol. The van der Waals surface area contributed by atoms with E-state index in [2.05, 4.69) is 27.5 Å². The number of aromatic amines is 1. The number of imidazole rings is 1. The molecule has 0 fully saturated rings. The van der Waals surface area contributed by atoms with Gasteiger partial charge >= 0.3 is 5.69 Å². The molecule has 0 unspecified atom stereocenters. The van der Waals surface area contributed by atoms with Crippen molar-refractivity contribution in [2.24, 2.45) is 0 Å². The van der Waals surface area contributed by atoms with Crippen LogP contribution in [0, 0.1) is 6.92 Å². The number of nitrogens with one attached hydrogen (secondary N) is 1. The fraction of sp³-hybridized carbons (Fsp3) is 0.292. The zero-order chi connectivity index (χ0) is 22.7. The first kappa shape index (κ1) is 21.4. The number of carbonyl (C=O) groups excluding carboxylic acids is 1. The van der Waals surface area contributed by atoms with Crippen molar-refractivity contribution < 1.29 is 4.79 Å². The van der Waals surface area contributed by atoms with Crippen molar-refractivity contribution in [2.45, 2.75) is 46.6 Å². The average Bonchev–Trinajstić information content (AvgIpc) is 3.43. The van der Waals surface area contributed by atoms with Gasteiger partial charge in [-0.25, -0.2) is 14.5 Å². The minimum absolute atomic E-state index is 0.169. The summed E-state index contributed by atoms with van der Waals surface area (Å²) in [7, 11) is 0. The molecule has 4 rings (SSSR count). The maximum Gasteiger partial charge on any atom is 0.335 e. The minimum Gasteiger partial charge on any atom is -0.291 e. The highest BCUT2D eigenvalue weighted by Crippen LogP contribution is 2.29. The molecule has 32 heavy (non-hydrogen) atoms. The number of hydrogen-bond acceptors (Lipinski definition) is 5. The molecule has 2 heterocycles. The monoisotopic (exact) mass is 430 g/mol. The average molecular weight is 431 g/mol. The molecule has 0 aliphatic rings. The molecular formula is C24H26N6O2. The van der Waals surface area contributed by atoms with Crippen LogP contribution in [0.4, 0.5) is 0 Å². The van der Waals surface area contributed by atoms with Gasteiger partial charge in [0.25, 0.3) is 0 Å². The largest absolute Gasteiger partial charge is 0.335 e. The molecule has 1 N–H and O–H groups in total. The van der Waals surface area contributed by atoms with E-state index in [4.69, 9.17) is 0 Å². The first-order valence-corrected chi connectivity index (χ1v) is 10.8. The second-order valence-electron chi connectivity index (χ2n) is 7.73.